The van der Waals surface area contributed by atoms with E-state index >= 15 is 0 Å². The lowest BCUT2D eigenvalue weighted by Crippen LogP contribution is -2.15. The third-order valence-electron chi connectivity index (χ3n) is 3.15. The fourth-order valence-corrected chi connectivity index (χ4v) is 1.86. The highest BCUT2D eigenvalue weighted by Gasteiger charge is 2.07. The molecule has 1 unspecified atom stereocenters. The Labute approximate surface area is 125 Å². The van der Waals surface area contributed by atoms with Crippen LogP contribution in [0.15, 0.2) is 30.3 Å². The molecule has 0 aliphatic heterocycles. The standard InChI is InChI=1S/C16H19N5/c1-4-11(2)18-15-9-12(3)19-16(21-15)20-14-8-6-5-7-13(14)10-17/h5-9,11H,4H2,1-3H3,(H2,18,19,20,21). The van der Waals surface area contributed by atoms with Gasteiger partial charge in [-0.05, 0) is 32.4 Å². The first-order valence-corrected chi connectivity index (χ1v) is 7.00. The summed E-state index contributed by atoms with van der Waals surface area (Å²) < 4.78 is 0. The van der Waals surface area contributed by atoms with Crippen LogP contribution in [0, 0.1) is 18.3 Å². The molecule has 0 aliphatic carbocycles. The first kappa shape index (κ1) is 14.8. The smallest absolute Gasteiger partial charge is 0.229 e. The Morgan fingerprint density at radius 2 is 2.05 bits per heavy atom. The van der Waals surface area contributed by atoms with Crippen molar-refractivity contribution in [1.29, 1.82) is 5.26 Å². The lowest BCUT2D eigenvalue weighted by molar-refractivity contribution is 0.758. The van der Waals surface area contributed by atoms with Gasteiger partial charge in [0.2, 0.25) is 5.95 Å². The van der Waals surface area contributed by atoms with Gasteiger partial charge in [-0.3, -0.25) is 0 Å². The zero-order chi connectivity index (χ0) is 15.2. The summed E-state index contributed by atoms with van der Waals surface area (Å²) in [7, 11) is 0. The molecular weight excluding hydrogens is 262 g/mol. The highest BCUT2D eigenvalue weighted by Crippen LogP contribution is 2.19. The van der Waals surface area contributed by atoms with Crippen LogP contribution in [0.5, 0.6) is 0 Å². The second-order valence-corrected chi connectivity index (χ2v) is 4.95. The number of benzene rings is 1. The monoisotopic (exact) mass is 281 g/mol. The molecular formula is C16H19N5. The van der Waals surface area contributed by atoms with Gasteiger partial charge in [-0.1, -0.05) is 19.1 Å². The number of nitrogens with zero attached hydrogens (tertiary/aromatic N) is 3. The number of hydrogen-bond acceptors (Lipinski definition) is 5. The van der Waals surface area contributed by atoms with Crippen molar-refractivity contribution in [3.8, 4) is 6.07 Å². The molecule has 0 saturated heterocycles. The fourth-order valence-electron chi connectivity index (χ4n) is 1.86. The van der Waals surface area contributed by atoms with Gasteiger partial charge < -0.3 is 10.6 Å². The number of aromatic nitrogens is 2. The van der Waals surface area contributed by atoms with Crippen molar-refractivity contribution in [3.05, 3.63) is 41.6 Å². The number of anilines is 3. The summed E-state index contributed by atoms with van der Waals surface area (Å²) >= 11 is 0. The first-order valence-electron chi connectivity index (χ1n) is 7.00. The molecule has 0 aliphatic rings. The molecule has 2 N–H and O–H groups in total. The van der Waals surface area contributed by atoms with Gasteiger partial charge in [-0.2, -0.15) is 10.2 Å². The molecule has 1 aromatic carbocycles. The molecule has 21 heavy (non-hydrogen) atoms. The van der Waals surface area contributed by atoms with Crippen molar-refractivity contribution in [3.63, 3.8) is 0 Å². The molecule has 0 fully saturated rings. The van der Waals surface area contributed by atoms with Gasteiger partial charge >= 0.3 is 0 Å². The van der Waals surface area contributed by atoms with Gasteiger partial charge in [0.05, 0.1) is 11.3 Å². The minimum Gasteiger partial charge on any atom is -0.367 e. The molecule has 0 bridgehead atoms. The summed E-state index contributed by atoms with van der Waals surface area (Å²) in [6.07, 6.45) is 1.02. The zero-order valence-electron chi connectivity index (χ0n) is 12.5. The molecule has 0 amide bonds. The predicted octanol–water partition coefficient (Wildman–Crippen LogP) is 3.61. The van der Waals surface area contributed by atoms with E-state index in [0.717, 1.165) is 17.9 Å². The molecule has 5 heteroatoms. The molecule has 1 heterocycles. The highest BCUT2D eigenvalue weighted by molar-refractivity contribution is 5.63. The van der Waals surface area contributed by atoms with Crippen molar-refractivity contribution in [1.82, 2.24) is 9.97 Å². The molecule has 1 atom stereocenters. The Morgan fingerprint density at radius 3 is 2.76 bits per heavy atom. The molecule has 0 radical (unpaired) electrons. The molecule has 0 spiro atoms. The van der Waals surface area contributed by atoms with Crippen LogP contribution < -0.4 is 10.6 Å². The minimum absolute atomic E-state index is 0.346. The Bertz CT molecular complexity index is 660. The van der Waals surface area contributed by atoms with E-state index in [1.807, 2.05) is 31.2 Å². The number of nitrogens with one attached hydrogen (secondary N) is 2. The summed E-state index contributed by atoms with van der Waals surface area (Å²) in [6.45, 7) is 6.15. The van der Waals surface area contributed by atoms with E-state index in [4.69, 9.17) is 5.26 Å². The maximum Gasteiger partial charge on any atom is 0.229 e. The normalized spacial score (nSPS) is 11.5. The van der Waals surface area contributed by atoms with Crippen LogP contribution in [0.3, 0.4) is 0 Å². The highest BCUT2D eigenvalue weighted by atomic mass is 15.1. The quantitative estimate of drug-likeness (QED) is 0.875. The average Bonchev–Trinajstić information content (AvgIpc) is 2.47. The lowest BCUT2D eigenvalue weighted by atomic mass is 10.2. The largest absolute Gasteiger partial charge is 0.367 e. The Morgan fingerprint density at radius 1 is 1.29 bits per heavy atom. The second kappa shape index (κ2) is 6.71. The Kier molecular flexibility index (Phi) is 4.72. The molecule has 2 aromatic rings. The predicted molar refractivity (Wildman–Crippen MR) is 84.6 cm³/mol. The van der Waals surface area contributed by atoms with Crippen LogP contribution in [0.4, 0.5) is 17.5 Å². The summed E-state index contributed by atoms with van der Waals surface area (Å²) in [6, 6.07) is 11.7. The molecule has 0 saturated carbocycles. The van der Waals surface area contributed by atoms with E-state index in [-0.39, 0.29) is 0 Å². The van der Waals surface area contributed by atoms with E-state index in [1.54, 1.807) is 6.07 Å². The number of hydrogen-bond donors (Lipinski definition) is 2. The molecule has 2 rings (SSSR count). The van der Waals surface area contributed by atoms with Crippen molar-refractivity contribution in [2.45, 2.75) is 33.2 Å². The van der Waals surface area contributed by atoms with Gasteiger partial charge in [0, 0.05) is 17.8 Å². The first-order chi connectivity index (χ1) is 10.1. The van der Waals surface area contributed by atoms with E-state index in [2.05, 4.69) is 40.5 Å². The van der Waals surface area contributed by atoms with Gasteiger partial charge in [-0.15, -0.1) is 0 Å². The number of para-hydroxylation sites is 1. The SMILES string of the molecule is CCC(C)Nc1cc(C)nc(Nc2ccccc2C#N)n1. The van der Waals surface area contributed by atoms with E-state index in [9.17, 15) is 0 Å². The van der Waals surface area contributed by atoms with E-state index in [1.165, 1.54) is 0 Å². The van der Waals surface area contributed by atoms with Crippen molar-refractivity contribution < 1.29 is 0 Å². The van der Waals surface area contributed by atoms with Crippen LogP contribution in [0.2, 0.25) is 0 Å². The fraction of sp³-hybridized carbons (Fsp3) is 0.312. The maximum atomic E-state index is 9.11. The number of rotatable bonds is 5. The maximum absolute atomic E-state index is 9.11. The van der Waals surface area contributed by atoms with Crippen molar-refractivity contribution in [2.75, 3.05) is 10.6 Å². The zero-order valence-corrected chi connectivity index (χ0v) is 12.5. The van der Waals surface area contributed by atoms with Crippen molar-refractivity contribution >= 4 is 17.5 Å². The van der Waals surface area contributed by atoms with Gasteiger partial charge in [-0.25, -0.2) is 4.98 Å². The van der Waals surface area contributed by atoms with Gasteiger partial charge in [0.25, 0.3) is 0 Å². The Balaban J connectivity index is 2.26. The van der Waals surface area contributed by atoms with Crippen LogP contribution >= 0.6 is 0 Å². The molecule has 108 valence electrons. The van der Waals surface area contributed by atoms with Crippen LogP contribution in [0.25, 0.3) is 0 Å². The summed E-state index contributed by atoms with van der Waals surface area (Å²) in [5.74, 6) is 1.28. The van der Waals surface area contributed by atoms with Crippen LogP contribution in [-0.4, -0.2) is 16.0 Å². The third-order valence-corrected chi connectivity index (χ3v) is 3.15. The lowest BCUT2D eigenvalue weighted by Gasteiger charge is -2.14. The second-order valence-electron chi connectivity index (χ2n) is 4.95. The van der Waals surface area contributed by atoms with Crippen molar-refractivity contribution in [2.24, 2.45) is 0 Å². The number of nitriles is 1. The summed E-state index contributed by atoms with van der Waals surface area (Å²) in [5.41, 5.74) is 2.15. The van der Waals surface area contributed by atoms with E-state index < -0.39 is 0 Å². The minimum atomic E-state index is 0.346. The van der Waals surface area contributed by atoms with Crippen LogP contribution in [-0.2, 0) is 0 Å². The Hall–Kier alpha value is -2.61. The number of aryl methyl sites for hydroxylation is 1. The topological polar surface area (TPSA) is 73.6 Å². The summed E-state index contributed by atoms with van der Waals surface area (Å²) in [4.78, 5) is 8.82. The van der Waals surface area contributed by atoms with E-state index in [0.29, 0.717) is 23.2 Å². The average molecular weight is 281 g/mol. The van der Waals surface area contributed by atoms with Crippen LogP contribution in [0.1, 0.15) is 31.5 Å². The third kappa shape index (κ3) is 3.93. The van der Waals surface area contributed by atoms with Gasteiger partial charge in [0.1, 0.15) is 11.9 Å². The molecule has 5 nitrogen and oxygen atoms in total. The van der Waals surface area contributed by atoms with Gasteiger partial charge in [0.15, 0.2) is 0 Å². The molecule has 1 aromatic heterocycles. The summed E-state index contributed by atoms with van der Waals surface area (Å²) in [5, 5.41) is 15.6.